The van der Waals surface area contributed by atoms with Gasteiger partial charge in [-0.15, -0.1) is 0 Å². The topological polar surface area (TPSA) is 55.8 Å². The van der Waals surface area contributed by atoms with Crippen LogP contribution in [0.4, 0.5) is 0 Å². The lowest BCUT2D eigenvalue weighted by molar-refractivity contribution is -0.207. The second kappa shape index (κ2) is 13.7. The maximum Gasteiger partial charge on any atom is 0.303 e. The molecule has 1 heterocycles. The van der Waals surface area contributed by atoms with E-state index in [0.717, 1.165) is 32.5 Å². The van der Waals surface area contributed by atoms with Crippen LogP contribution in [0.1, 0.15) is 90.9 Å². The SMILES string of the molecule is CC(C)CC1OCC(CCCCCCCCCCCC(=O)O)CO1. The number of hydrogen-bond acceptors (Lipinski definition) is 3. The Kier molecular flexibility index (Phi) is 12.2. The summed E-state index contributed by atoms with van der Waals surface area (Å²) in [5.41, 5.74) is 0. The van der Waals surface area contributed by atoms with Gasteiger partial charge in [0.25, 0.3) is 0 Å². The van der Waals surface area contributed by atoms with Gasteiger partial charge in [-0.1, -0.05) is 65.2 Å². The highest BCUT2D eigenvalue weighted by Crippen LogP contribution is 2.21. The minimum Gasteiger partial charge on any atom is -0.481 e. The Morgan fingerprint density at radius 2 is 1.42 bits per heavy atom. The van der Waals surface area contributed by atoms with Crippen molar-refractivity contribution in [2.75, 3.05) is 13.2 Å². The molecule has 1 rings (SSSR count). The van der Waals surface area contributed by atoms with Gasteiger partial charge in [-0.3, -0.25) is 4.79 Å². The van der Waals surface area contributed by atoms with Crippen LogP contribution in [-0.2, 0) is 14.3 Å². The molecule has 1 N–H and O–H groups in total. The van der Waals surface area contributed by atoms with Crippen molar-refractivity contribution >= 4 is 5.97 Å². The smallest absolute Gasteiger partial charge is 0.303 e. The Morgan fingerprint density at radius 1 is 0.917 bits per heavy atom. The minimum absolute atomic E-state index is 0.0248. The van der Waals surface area contributed by atoms with Crippen molar-refractivity contribution in [1.82, 2.24) is 0 Å². The lowest BCUT2D eigenvalue weighted by Crippen LogP contribution is -2.32. The first kappa shape index (κ1) is 21.4. The van der Waals surface area contributed by atoms with Gasteiger partial charge < -0.3 is 14.6 Å². The Hall–Kier alpha value is -0.610. The van der Waals surface area contributed by atoms with E-state index in [1.165, 1.54) is 51.4 Å². The predicted octanol–water partition coefficient (Wildman–Crippen LogP) is 5.40. The van der Waals surface area contributed by atoms with Crippen LogP contribution in [0.25, 0.3) is 0 Å². The largest absolute Gasteiger partial charge is 0.481 e. The number of unbranched alkanes of at least 4 members (excludes halogenated alkanes) is 8. The molecule has 0 saturated carbocycles. The number of carboxylic acids is 1. The summed E-state index contributed by atoms with van der Waals surface area (Å²) in [6.45, 7) is 6.14. The lowest BCUT2D eigenvalue weighted by Gasteiger charge is -2.30. The van der Waals surface area contributed by atoms with Crippen molar-refractivity contribution in [3.05, 3.63) is 0 Å². The second-order valence-electron chi connectivity index (χ2n) is 7.71. The molecule has 1 aliphatic heterocycles. The van der Waals surface area contributed by atoms with Crippen molar-refractivity contribution in [2.45, 2.75) is 97.2 Å². The van der Waals surface area contributed by atoms with Crippen molar-refractivity contribution in [3.63, 3.8) is 0 Å². The molecule has 0 atom stereocenters. The first-order valence-corrected chi connectivity index (χ1v) is 10.0. The fraction of sp³-hybridized carbons (Fsp3) is 0.950. The Morgan fingerprint density at radius 3 is 1.92 bits per heavy atom. The Balaban J connectivity index is 1.82. The van der Waals surface area contributed by atoms with E-state index in [9.17, 15) is 4.79 Å². The highest BCUT2D eigenvalue weighted by molar-refractivity contribution is 5.66. The molecular formula is C20H38O4. The molecule has 0 spiro atoms. The number of aliphatic carboxylic acids is 1. The van der Waals surface area contributed by atoms with E-state index in [1.807, 2.05) is 0 Å². The molecule has 1 aliphatic rings. The molecule has 0 aromatic rings. The van der Waals surface area contributed by atoms with E-state index in [0.29, 0.717) is 18.3 Å². The number of carboxylic acid groups (broad SMARTS) is 1. The molecule has 1 fully saturated rings. The zero-order valence-electron chi connectivity index (χ0n) is 15.8. The summed E-state index contributed by atoms with van der Waals surface area (Å²) in [7, 11) is 0. The first-order chi connectivity index (χ1) is 11.6. The summed E-state index contributed by atoms with van der Waals surface area (Å²) in [5, 5.41) is 8.56. The average molecular weight is 343 g/mol. The van der Waals surface area contributed by atoms with Crippen molar-refractivity contribution in [3.8, 4) is 0 Å². The zero-order valence-corrected chi connectivity index (χ0v) is 15.8. The number of hydrogen-bond donors (Lipinski definition) is 1. The summed E-state index contributed by atoms with van der Waals surface area (Å²) >= 11 is 0. The summed E-state index contributed by atoms with van der Waals surface area (Å²) in [5.74, 6) is 0.547. The number of carbonyl (C=O) groups is 1. The third kappa shape index (κ3) is 11.9. The van der Waals surface area contributed by atoms with E-state index in [2.05, 4.69) is 13.8 Å². The summed E-state index contributed by atoms with van der Waals surface area (Å²) in [6, 6.07) is 0. The van der Waals surface area contributed by atoms with E-state index < -0.39 is 5.97 Å². The van der Waals surface area contributed by atoms with Crippen LogP contribution >= 0.6 is 0 Å². The molecule has 0 amide bonds. The highest BCUT2D eigenvalue weighted by atomic mass is 16.7. The number of ether oxygens (including phenoxy) is 2. The normalized spacial score (nSPS) is 21.3. The predicted molar refractivity (Wildman–Crippen MR) is 97.1 cm³/mol. The average Bonchev–Trinajstić information content (AvgIpc) is 2.53. The van der Waals surface area contributed by atoms with Crippen LogP contribution in [-0.4, -0.2) is 30.6 Å². The van der Waals surface area contributed by atoms with Crippen molar-refractivity contribution in [1.29, 1.82) is 0 Å². The highest BCUT2D eigenvalue weighted by Gasteiger charge is 2.22. The van der Waals surface area contributed by atoms with E-state index in [-0.39, 0.29) is 6.29 Å². The fourth-order valence-electron chi connectivity index (χ4n) is 3.22. The molecule has 24 heavy (non-hydrogen) atoms. The van der Waals surface area contributed by atoms with Gasteiger partial charge in [0, 0.05) is 18.8 Å². The molecule has 4 heteroatoms. The molecule has 0 aliphatic carbocycles. The van der Waals surface area contributed by atoms with Crippen LogP contribution in [0.3, 0.4) is 0 Å². The molecule has 0 bridgehead atoms. The second-order valence-corrected chi connectivity index (χ2v) is 7.71. The monoisotopic (exact) mass is 342 g/mol. The Labute approximate surface area is 148 Å². The van der Waals surface area contributed by atoms with Gasteiger partial charge in [0.15, 0.2) is 6.29 Å². The zero-order chi connectivity index (χ0) is 17.6. The molecule has 0 aromatic heterocycles. The van der Waals surface area contributed by atoms with Gasteiger partial charge in [0.05, 0.1) is 13.2 Å². The quantitative estimate of drug-likeness (QED) is 0.430. The van der Waals surface area contributed by atoms with Gasteiger partial charge >= 0.3 is 5.97 Å². The first-order valence-electron chi connectivity index (χ1n) is 10.0. The maximum atomic E-state index is 10.4. The fourth-order valence-corrected chi connectivity index (χ4v) is 3.22. The van der Waals surface area contributed by atoms with Crippen LogP contribution < -0.4 is 0 Å². The third-order valence-electron chi connectivity index (χ3n) is 4.70. The van der Waals surface area contributed by atoms with E-state index >= 15 is 0 Å². The number of rotatable bonds is 14. The maximum absolute atomic E-state index is 10.4. The molecular weight excluding hydrogens is 304 g/mol. The van der Waals surface area contributed by atoms with Gasteiger partial charge in [-0.05, 0) is 18.8 Å². The Bertz CT molecular complexity index is 309. The van der Waals surface area contributed by atoms with Gasteiger partial charge in [-0.25, -0.2) is 0 Å². The molecule has 142 valence electrons. The third-order valence-corrected chi connectivity index (χ3v) is 4.70. The molecule has 0 radical (unpaired) electrons. The van der Waals surface area contributed by atoms with Crippen molar-refractivity contribution in [2.24, 2.45) is 11.8 Å². The van der Waals surface area contributed by atoms with Gasteiger partial charge in [-0.2, -0.15) is 0 Å². The molecule has 0 aromatic carbocycles. The van der Waals surface area contributed by atoms with E-state index in [1.54, 1.807) is 0 Å². The van der Waals surface area contributed by atoms with Crippen molar-refractivity contribution < 1.29 is 19.4 Å². The summed E-state index contributed by atoms with van der Waals surface area (Å²) < 4.78 is 11.6. The van der Waals surface area contributed by atoms with Crippen LogP contribution in [0, 0.1) is 11.8 Å². The van der Waals surface area contributed by atoms with Crippen LogP contribution in [0.5, 0.6) is 0 Å². The van der Waals surface area contributed by atoms with E-state index in [4.69, 9.17) is 14.6 Å². The summed E-state index contributed by atoms with van der Waals surface area (Å²) in [6.07, 6.45) is 13.4. The summed E-state index contributed by atoms with van der Waals surface area (Å²) in [4.78, 5) is 10.4. The standard InChI is InChI=1S/C20H38O4/c1-17(2)14-20-23-15-18(16-24-20)12-10-8-6-4-3-5-7-9-11-13-19(21)22/h17-18,20H,3-16H2,1-2H3,(H,21,22). The van der Waals surface area contributed by atoms with Crippen LogP contribution in [0.15, 0.2) is 0 Å². The lowest BCUT2D eigenvalue weighted by atomic mass is 10.00. The minimum atomic E-state index is -0.667. The van der Waals surface area contributed by atoms with Gasteiger partial charge in [0.2, 0.25) is 0 Å². The van der Waals surface area contributed by atoms with Gasteiger partial charge in [0.1, 0.15) is 0 Å². The van der Waals surface area contributed by atoms with Crippen LogP contribution in [0.2, 0.25) is 0 Å². The molecule has 0 unspecified atom stereocenters. The molecule has 1 saturated heterocycles. The molecule has 4 nitrogen and oxygen atoms in total.